The first-order valence-corrected chi connectivity index (χ1v) is 8.25. The maximum absolute atomic E-state index is 11.9. The van der Waals surface area contributed by atoms with Crippen LogP contribution in [0.2, 0.25) is 0 Å². The Hall–Kier alpha value is -2.37. The van der Waals surface area contributed by atoms with Crippen LogP contribution in [-0.4, -0.2) is 31.0 Å². The topological polar surface area (TPSA) is 81.7 Å². The van der Waals surface area contributed by atoms with Gasteiger partial charge in [-0.15, -0.1) is 0 Å². The molecule has 128 valence electrons. The first-order chi connectivity index (χ1) is 11.6. The number of nitrogens with one attached hydrogen (secondary N) is 1. The van der Waals surface area contributed by atoms with Gasteiger partial charge < -0.3 is 14.8 Å². The Balaban J connectivity index is 1.59. The number of hydrogen-bond acceptors (Lipinski definition) is 5. The number of benzene rings is 1. The van der Waals surface area contributed by atoms with E-state index in [1.807, 2.05) is 0 Å². The van der Waals surface area contributed by atoms with Crippen molar-refractivity contribution in [2.75, 3.05) is 7.11 Å². The number of ether oxygens (including phenoxy) is 2. The zero-order chi connectivity index (χ0) is 17.1. The number of carbonyl (C=O) groups excluding carboxylic acids is 3. The minimum atomic E-state index is -0.706. The molecule has 6 nitrogen and oxygen atoms in total. The molecule has 0 aromatic heterocycles. The molecule has 2 aliphatic rings. The molecule has 0 saturated heterocycles. The first-order valence-electron chi connectivity index (χ1n) is 8.25. The smallest absolute Gasteiger partial charge is 0.328 e. The lowest BCUT2D eigenvalue weighted by Gasteiger charge is -2.16. The van der Waals surface area contributed by atoms with Gasteiger partial charge in [-0.3, -0.25) is 9.59 Å². The number of carbonyl (C=O) groups is 3. The largest absolute Gasteiger partial charge is 0.467 e. The molecule has 1 aromatic carbocycles. The average molecular weight is 331 g/mol. The van der Waals surface area contributed by atoms with Crippen LogP contribution in [0.15, 0.2) is 24.3 Å². The molecule has 3 rings (SSSR count). The van der Waals surface area contributed by atoms with E-state index in [4.69, 9.17) is 9.47 Å². The van der Waals surface area contributed by atoms with Crippen LogP contribution in [0.3, 0.4) is 0 Å². The highest BCUT2D eigenvalue weighted by Crippen LogP contribution is 2.31. The van der Waals surface area contributed by atoms with Gasteiger partial charge in [0.25, 0.3) is 0 Å². The molecular formula is C18H21NO5. The lowest BCUT2D eigenvalue weighted by molar-refractivity contribution is -0.145. The predicted octanol–water partition coefficient (Wildman–Crippen LogP) is 1.61. The van der Waals surface area contributed by atoms with E-state index < -0.39 is 12.0 Å². The maximum atomic E-state index is 11.9. The van der Waals surface area contributed by atoms with E-state index >= 15 is 0 Å². The van der Waals surface area contributed by atoms with Gasteiger partial charge in [0.2, 0.25) is 5.91 Å². The molecule has 6 heteroatoms. The third-order valence-corrected chi connectivity index (χ3v) is 4.24. The summed E-state index contributed by atoms with van der Waals surface area (Å²) in [6, 6.07) is 6.27. The summed E-state index contributed by atoms with van der Waals surface area (Å²) in [6.45, 7) is 0. The highest BCUT2D eigenvalue weighted by molar-refractivity contribution is 5.87. The summed E-state index contributed by atoms with van der Waals surface area (Å²) in [4.78, 5) is 35.4. The summed E-state index contributed by atoms with van der Waals surface area (Å²) < 4.78 is 10.0. The Labute approximate surface area is 140 Å². The SMILES string of the molecule is COC(=O)[C@H](Cc1ccc(OC(=O)C2CC2)cc1)NC(=O)C1CC1. The standard InChI is InChI=1S/C18H21NO5/c1-23-18(22)15(19-16(20)12-4-5-12)10-11-2-8-14(9-3-11)24-17(21)13-6-7-13/h2-3,8-9,12-13,15H,4-7,10H2,1H3,(H,19,20)/t15-/m0/s1. The number of amides is 1. The zero-order valence-electron chi connectivity index (χ0n) is 13.6. The molecule has 2 saturated carbocycles. The summed E-state index contributed by atoms with van der Waals surface area (Å²) in [5.74, 6) is -0.180. The van der Waals surface area contributed by atoms with Crippen molar-refractivity contribution in [3.8, 4) is 5.75 Å². The molecular weight excluding hydrogens is 310 g/mol. The molecule has 0 unspecified atom stereocenters. The molecule has 0 heterocycles. The van der Waals surface area contributed by atoms with Crippen molar-refractivity contribution in [2.45, 2.75) is 38.1 Å². The fourth-order valence-corrected chi connectivity index (χ4v) is 2.42. The van der Waals surface area contributed by atoms with Crippen LogP contribution in [0, 0.1) is 11.8 Å². The van der Waals surface area contributed by atoms with Gasteiger partial charge in [-0.2, -0.15) is 0 Å². The van der Waals surface area contributed by atoms with Gasteiger partial charge >= 0.3 is 11.9 Å². The monoisotopic (exact) mass is 331 g/mol. The van der Waals surface area contributed by atoms with E-state index in [1.54, 1.807) is 24.3 Å². The van der Waals surface area contributed by atoms with Crippen molar-refractivity contribution in [3.63, 3.8) is 0 Å². The molecule has 0 bridgehead atoms. The molecule has 0 spiro atoms. The molecule has 1 amide bonds. The molecule has 0 aliphatic heterocycles. The number of esters is 2. The van der Waals surface area contributed by atoms with Crippen LogP contribution in [0.4, 0.5) is 0 Å². The van der Waals surface area contributed by atoms with Gasteiger partial charge in [-0.05, 0) is 43.4 Å². The van der Waals surface area contributed by atoms with Crippen molar-refractivity contribution in [1.82, 2.24) is 5.32 Å². The Bertz CT molecular complexity index is 631. The summed E-state index contributed by atoms with van der Waals surface area (Å²) in [5.41, 5.74) is 0.854. The van der Waals surface area contributed by atoms with Crippen LogP contribution in [0.1, 0.15) is 31.2 Å². The van der Waals surface area contributed by atoms with Gasteiger partial charge in [-0.1, -0.05) is 12.1 Å². The van der Waals surface area contributed by atoms with Crippen molar-refractivity contribution >= 4 is 17.8 Å². The third kappa shape index (κ3) is 4.34. The van der Waals surface area contributed by atoms with E-state index in [0.717, 1.165) is 31.2 Å². The van der Waals surface area contributed by atoms with Crippen molar-refractivity contribution < 1.29 is 23.9 Å². The molecule has 24 heavy (non-hydrogen) atoms. The highest BCUT2D eigenvalue weighted by atomic mass is 16.5. The van der Waals surface area contributed by atoms with Gasteiger partial charge in [-0.25, -0.2) is 4.79 Å². The first kappa shape index (κ1) is 16.5. The Kier molecular flexibility index (Phi) is 4.83. The van der Waals surface area contributed by atoms with E-state index in [0.29, 0.717) is 12.2 Å². The lowest BCUT2D eigenvalue weighted by Crippen LogP contribution is -2.43. The second-order valence-corrected chi connectivity index (χ2v) is 6.40. The quantitative estimate of drug-likeness (QED) is 0.606. The van der Waals surface area contributed by atoms with E-state index in [1.165, 1.54) is 7.11 Å². The third-order valence-electron chi connectivity index (χ3n) is 4.24. The van der Waals surface area contributed by atoms with Crippen LogP contribution < -0.4 is 10.1 Å². The molecule has 2 aliphatic carbocycles. The predicted molar refractivity (Wildman–Crippen MR) is 85.2 cm³/mol. The normalized spacial score (nSPS) is 17.7. The number of rotatable bonds is 7. The summed E-state index contributed by atoms with van der Waals surface area (Å²) in [5, 5.41) is 2.75. The molecule has 1 N–H and O–H groups in total. The van der Waals surface area contributed by atoms with E-state index in [-0.39, 0.29) is 23.7 Å². The minimum absolute atomic E-state index is 0.0290. The van der Waals surface area contributed by atoms with Crippen molar-refractivity contribution in [1.29, 1.82) is 0 Å². The Morgan fingerprint density at radius 2 is 1.71 bits per heavy atom. The second kappa shape index (κ2) is 7.03. The second-order valence-electron chi connectivity index (χ2n) is 6.40. The molecule has 1 aromatic rings. The van der Waals surface area contributed by atoms with Gasteiger partial charge in [0.1, 0.15) is 11.8 Å². The summed E-state index contributed by atoms with van der Waals surface area (Å²) >= 11 is 0. The molecule has 2 fully saturated rings. The maximum Gasteiger partial charge on any atom is 0.328 e. The van der Waals surface area contributed by atoms with Gasteiger partial charge in [0.15, 0.2) is 0 Å². The van der Waals surface area contributed by atoms with Crippen LogP contribution in [0.5, 0.6) is 5.75 Å². The average Bonchev–Trinajstić information content (AvgIpc) is 3.47. The van der Waals surface area contributed by atoms with Crippen LogP contribution >= 0.6 is 0 Å². The number of hydrogen-bond donors (Lipinski definition) is 1. The summed E-state index contributed by atoms with van der Waals surface area (Å²) in [6.07, 6.45) is 3.89. The Morgan fingerprint density at radius 3 is 2.25 bits per heavy atom. The minimum Gasteiger partial charge on any atom is -0.467 e. The van der Waals surface area contributed by atoms with Crippen molar-refractivity contribution in [2.24, 2.45) is 11.8 Å². The van der Waals surface area contributed by atoms with E-state index in [9.17, 15) is 14.4 Å². The van der Waals surface area contributed by atoms with Crippen molar-refractivity contribution in [3.05, 3.63) is 29.8 Å². The summed E-state index contributed by atoms with van der Waals surface area (Å²) in [7, 11) is 1.30. The molecule has 0 radical (unpaired) electrons. The number of methoxy groups -OCH3 is 1. The van der Waals surface area contributed by atoms with E-state index in [2.05, 4.69) is 5.32 Å². The highest BCUT2D eigenvalue weighted by Gasteiger charge is 2.33. The fourth-order valence-electron chi connectivity index (χ4n) is 2.42. The Morgan fingerprint density at radius 1 is 1.08 bits per heavy atom. The van der Waals surface area contributed by atoms with Gasteiger partial charge in [0, 0.05) is 12.3 Å². The van der Waals surface area contributed by atoms with Crippen LogP contribution in [0.25, 0.3) is 0 Å². The lowest BCUT2D eigenvalue weighted by atomic mass is 10.1. The zero-order valence-corrected chi connectivity index (χ0v) is 13.6. The fraction of sp³-hybridized carbons (Fsp3) is 0.500. The van der Waals surface area contributed by atoms with Gasteiger partial charge in [0.05, 0.1) is 13.0 Å². The van der Waals surface area contributed by atoms with Crippen LogP contribution in [-0.2, 0) is 25.5 Å². The molecule has 1 atom stereocenters.